The summed E-state index contributed by atoms with van der Waals surface area (Å²) in [6.07, 6.45) is 4.82. The molecule has 0 aliphatic heterocycles. The van der Waals surface area contributed by atoms with Crippen LogP contribution in [0.3, 0.4) is 0 Å². The van der Waals surface area contributed by atoms with Gasteiger partial charge < -0.3 is 0 Å². The fraction of sp³-hybridized carbons (Fsp3) is 0.429. The van der Waals surface area contributed by atoms with Crippen molar-refractivity contribution >= 4 is 30.0 Å². The number of nitrogens with zero attached hydrogens (tertiary/aromatic N) is 3. The number of nitrogens with one attached hydrogen (secondary N) is 1. The van der Waals surface area contributed by atoms with Gasteiger partial charge in [0.1, 0.15) is 5.92 Å². The number of aromatic nitrogens is 3. The van der Waals surface area contributed by atoms with Crippen molar-refractivity contribution in [2.75, 3.05) is 10.6 Å². The zero-order valence-corrected chi connectivity index (χ0v) is 8.54. The summed E-state index contributed by atoms with van der Waals surface area (Å²) in [6, 6.07) is 0. The second-order valence-corrected chi connectivity index (χ2v) is 3.22. The molecule has 0 aliphatic rings. The van der Waals surface area contributed by atoms with Crippen molar-refractivity contribution in [3.8, 4) is 0 Å². The van der Waals surface area contributed by atoms with E-state index in [0.717, 1.165) is 11.9 Å². The lowest BCUT2D eigenvalue weighted by molar-refractivity contribution is -0.118. The van der Waals surface area contributed by atoms with Gasteiger partial charge in [0.05, 0.1) is 6.20 Å². The highest BCUT2D eigenvalue weighted by atomic mass is 32.2. The quantitative estimate of drug-likeness (QED) is 0.569. The Balaban J connectivity index is 2.82. The Kier molecular flexibility index (Phi) is 3.63. The average molecular weight is 213 g/mol. The number of carbonyl (C=O) groups is 1. The molecule has 1 radical (unpaired) electrons. The molecule has 0 bridgehead atoms. The van der Waals surface area contributed by atoms with E-state index >= 15 is 0 Å². The van der Waals surface area contributed by atoms with Crippen LogP contribution in [0.4, 0.5) is 5.82 Å². The first kappa shape index (κ1) is 10.7. The predicted octanol–water partition coefficient (Wildman–Crippen LogP) is 0.161. The van der Waals surface area contributed by atoms with Crippen molar-refractivity contribution in [2.24, 2.45) is 5.92 Å². The van der Waals surface area contributed by atoms with E-state index in [0.29, 0.717) is 5.82 Å². The zero-order valence-electron chi connectivity index (χ0n) is 7.72. The predicted molar refractivity (Wildman–Crippen MR) is 52.2 cm³/mol. The van der Waals surface area contributed by atoms with Crippen molar-refractivity contribution in [1.29, 1.82) is 0 Å². The van der Waals surface area contributed by atoms with Crippen LogP contribution in [0.2, 0.25) is 0 Å². The van der Waals surface area contributed by atoms with Crippen LogP contribution < -0.4 is 4.31 Å². The van der Waals surface area contributed by atoms with Gasteiger partial charge in [0, 0.05) is 6.26 Å². The minimum Gasteiger partial charge on any atom is -0.290 e. The second-order valence-electron chi connectivity index (χ2n) is 2.49. The Morgan fingerprint density at radius 1 is 1.79 bits per heavy atom. The number of amides is 1. The van der Waals surface area contributed by atoms with Gasteiger partial charge in [-0.25, -0.2) is 4.31 Å². The summed E-state index contributed by atoms with van der Waals surface area (Å²) in [5.74, 6) is -0.773. The fourth-order valence-corrected chi connectivity index (χ4v) is 1.43. The van der Waals surface area contributed by atoms with E-state index in [-0.39, 0.29) is 5.91 Å². The summed E-state index contributed by atoms with van der Waals surface area (Å²) in [5, 5.41) is 9.64. The van der Waals surface area contributed by atoms with Crippen molar-refractivity contribution < 1.29 is 9.59 Å². The Morgan fingerprint density at radius 2 is 2.50 bits per heavy atom. The Hall–Kier alpha value is -1.37. The van der Waals surface area contributed by atoms with Crippen molar-refractivity contribution in [2.45, 2.75) is 6.92 Å². The van der Waals surface area contributed by atoms with E-state index in [2.05, 4.69) is 15.4 Å². The highest BCUT2D eigenvalue weighted by Crippen LogP contribution is 2.18. The highest BCUT2D eigenvalue weighted by molar-refractivity contribution is 8.00. The normalized spacial score (nSPS) is 12.1. The first-order chi connectivity index (χ1) is 6.70. The molecule has 6 nitrogen and oxygen atoms in total. The first-order valence-electron chi connectivity index (χ1n) is 3.83. The van der Waals surface area contributed by atoms with Crippen LogP contribution in [0, 0.1) is 5.92 Å². The number of hydrogen-bond donors (Lipinski definition) is 1. The summed E-state index contributed by atoms with van der Waals surface area (Å²) in [6.45, 7) is 1.48. The van der Waals surface area contributed by atoms with E-state index in [1.807, 2.05) is 0 Å². The van der Waals surface area contributed by atoms with E-state index < -0.39 is 5.92 Å². The molecule has 1 aromatic heterocycles. The van der Waals surface area contributed by atoms with Crippen LogP contribution in [-0.4, -0.2) is 33.9 Å². The third-order valence-electron chi connectivity index (χ3n) is 1.54. The molecule has 1 atom stereocenters. The molecule has 1 heterocycles. The van der Waals surface area contributed by atoms with Crippen LogP contribution in [0.5, 0.6) is 0 Å². The van der Waals surface area contributed by atoms with Gasteiger partial charge in [-0.2, -0.15) is 0 Å². The van der Waals surface area contributed by atoms with E-state index in [4.69, 9.17) is 0 Å². The lowest BCUT2D eigenvalue weighted by atomic mass is 10.2. The van der Waals surface area contributed by atoms with Gasteiger partial charge in [-0.15, -0.1) is 5.10 Å². The molecule has 1 rings (SSSR count). The van der Waals surface area contributed by atoms with E-state index in [9.17, 15) is 9.59 Å². The monoisotopic (exact) mass is 213 g/mol. The molecule has 1 aromatic rings. The van der Waals surface area contributed by atoms with Gasteiger partial charge >= 0.3 is 0 Å². The maximum Gasteiger partial charge on any atom is 0.249 e. The average Bonchev–Trinajstić information content (AvgIpc) is 2.71. The largest absolute Gasteiger partial charge is 0.290 e. The summed E-state index contributed by atoms with van der Waals surface area (Å²) >= 11 is 1.16. The molecule has 1 amide bonds. The third-order valence-corrected chi connectivity index (χ3v) is 2.27. The van der Waals surface area contributed by atoms with Crippen LogP contribution in [0.1, 0.15) is 6.92 Å². The third kappa shape index (κ3) is 2.11. The summed E-state index contributed by atoms with van der Waals surface area (Å²) < 4.78 is 1.29. The van der Waals surface area contributed by atoms with Gasteiger partial charge in [-0.05, 0) is 18.9 Å². The minimum atomic E-state index is -0.792. The SMILES string of the molecule is CSN(C(=O)C(C)[C]=O)c1c[nH]nn1. The Bertz CT molecular complexity index is 313. The van der Waals surface area contributed by atoms with Crippen LogP contribution in [-0.2, 0) is 9.59 Å². The number of aromatic amines is 1. The van der Waals surface area contributed by atoms with Crippen molar-refractivity contribution in [3.63, 3.8) is 0 Å². The number of anilines is 1. The van der Waals surface area contributed by atoms with E-state index in [1.54, 1.807) is 12.5 Å². The number of H-pyrrole nitrogens is 1. The summed E-state index contributed by atoms with van der Waals surface area (Å²) in [5.41, 5.74) is 0. The maximum absolute atomic E-state index is 11.6. The zero-order chi connectivity index (χ0) is 10.6. The van der Waals surface area contributed by atoms with Crippen LogP contribution in [0.15, 0.2) is 6.20 Å². The Morgan fingerprint density at radius 3 is 2.93 bits per heavy atom. The molecule has 1 N–H and O–H groups in total. The summed E-state index contributed by atoms with van der Waals surface area (Å²) in [7, 11) is 0. The van der Waals surface area contributed by atoms with Crippen molar-refractivity contribution in [1.82, 2.24) is 15.4 Å². The fourth-order valence-electron chi connectivity index (χ4n) is 0.818. The minimum absolute atomic E-state index is 0.360. The summed E-state index contributed by atoms with van der Waals surface area (Å²) in [4.78, 5) is 21.9. The lowest BCUT2D eigenvalue weighted by Gasteiger charge is -2.16. The molecule has 0 saturated carbocycles. The number of carbonyl (C=O) groups excluding carboxylic acids is 2. The highest BCUT2D eigenvalue weighted by Gasteiger charge is 2.23. The Labute approximate surface area is 85.2 Å². The number of hydrogen-bond acceptors (Lipinski definition) is 5. The standard InChI is InChI=1S/C7H9N4O2S/c1-5(4-12)7(13)11(14-2)6-3-8-10-9-6/h3,5H,1-2H3,(H,8,9,10). The van der Waals surface area contributed by atoms with E-state index in [1.165, 1.54) is 17.4 Å². The molecule has 1 unspecified atom stereocenters. The first-order valence-corrected chi connectivity index (χ1v) is 5.01. The molecule has 0 spiro atoms. The molecular formula is C7H9N4O2S. The maximum atomic E-state index is 11.6. The smallest absolute Gasteiger partial charge is 0.249 e. The second kappa shape index (κ2) is 4.75. The topological polar surface area (TPSA) is 79.0 Å². The van der Waals surface area contributed by atoms with Gasteiger partial charge in [-0.3, -0.25) is 14.7 Å². The van der Waals surface area contributed by atoms with Gasteiger partial charge in [0.15, 0.2) is 5.82 Å². The molecule has 0 saturated heterocycles. The molecule has 0 aliphatic carbocycles. The molecule has 0 fully saturated rings. The van der Waals surface area contributed by atoms with Gasteiger partial charge in [0.25, 0.3) is 0 Å². The number of rotatable bonds is 4. The van der Waals surface area contributed by atoms with Gasteiger partial charge in [0.2, 0.25) is 12.2 Å². The van der Waals surface area contributed by atoms with Crippen LogP contribution in [0.25, 0.3) is 0 Å². The molecule has 14 heavy (non-hydrogen) atoms. The van der Waals surface area contributed by atoms with Crippen molar-refractivity contribution in [3.05, 3.63) is 6.20 Å². The lowest BCUT2D eigenvalue weighted by Crippen LogP contribution is -2.30. The van der Waals surface area contributed by atoms with Crippen LogP contribution >= 0.6 is 11.9 Å². The molecule has 7 heteroatoms. The van der Waals surface area contributed by atoms with Gasteiger partial charge in [-0.1, -0.05) is 5.21 Å². The molecular weight excluding hydrogens is 204 g/mol. The molecule has 75 valence electrons. The molecule has 0 aromatic carbocycles.